The van der Waals surface area contributed by atoms with E-state index < -0.39 is 17.9 Å². The molecule has 2 aliphatic carbocycles. The molecule has 0 heterocycles. The molecule has 0 aromatic heterocycles. The van der Waals surface area contributed by atoms with Crippen LogP contribution in [-0.2, 0) is 0 Å². The Morgan fingerprint density at radius 1 is 0.920 bits per heavy atom. The quantitative estimate of drug-likeness (QED) is 0.512. The fraction of sp³-hybridized carbons (Fsp3) is 0.700. The van der Waals surface area contributed by atoms with Crippen LogP contribution in [-0.4, -0.2) is 6.36 Å². The highest BCUT2D eigenvalue weighted by atomic mass is 19.4. The summed E-state index contributed by atoms with van der Waals surface area (Å²) in [5.74, 6) is 1.01. The first-order valence-corrected chi connectivity index (χ1v) is 9.37. The van der Waals surface area contributed by atoms with Crippen molar-refractivity contribution >= 4 is 0 Å². The number of ether oxygens (including phenoxy) is 1. The molecule has 1 aromatic carbocycles. The summed E-state index contributed by atoms with van der Waals surface area (Å²) in [4.78, 5) is 0. The molecule has 0 aliphatic heterocycles. The second-order valence-corrected chi connectivity index (χ2v) is 7.87. The van der Waals surface area contributed by atoms with Crippen molar-refractivity contribution in [2.45, 2.75) is 70.6 Å². The lowest BCUT2D eigenvalue weighted by Gasteiger charge is -2.37. The summed E-state index contributed by atoms with van der Waals surface area (Å²) in [7, 11) is 0. The van der Waals surface area contributed by atoms with Crippen LogP contribution in [0.1, 0.15) is 72.6 Å². The molecule has 1 aromatic rings. The van der Waals surface area contributed by atoms with Gasteiger partial charge < -0.3 is 4.74 Å². The maximum Gasteiger partial charge on any atom is 0.573 e. The highest BCUT2D eigenvalue weighted by Crippen LogP contribution is 2.44. The average Bonchev–Trinajstić information content (AvgIpc) is 2.56. The Labute approximate surface area is 149 Å². The molecule has 0 unspecified atom stereocenters. The van der Waals surface area contributed by atoms with Gasteiger partial charge in [-0.3, -0.25) is 0 Å². The minimum atomic E-state index is -4.86. The van der Waals surface area contributed by atoms with Gasteiger partial charge in [-0.15, -0.1) is 13.2 Å². The molecule has 3 rings (SSSR count). The van der Waals surface area contributed by atoms with Crippen LogP contribution in [0.5, 0.6) is 5.75 Å². The molecule has 0 bridgehead atoms. The third kappa shape index (κ3) is 4.89. The van der Waals surface area contributed by atoms with Crippen LogP contribution in [0.4, 0.5) is 17.6 Å². The van der Waals surface area contributed by atoms with Crippen LogP contribution in [0.25, 0.3) is 0 Å². The normalized spacial score (nSPS) is 30.9. The van der Waals surface area contributed by atoms with Crippen LogP contribution in [0.2, 0.25) is 0 Å². The molecule has 0 spiro atoms. The van der Waals surface area contributed by atoms with Crippen molar-refractivity contribution in [3.8, 4) is 5.75 Å². The van der Waals surface area contributed by atoms with Crippen molar-refractivity contribution < 1.29 is 25.2 Å². The van der Waals surface area contributed by atoms with Crippen molar-refractivity contribution in [1.29, 1.82) is 0 Å². The van der Waals surface area contributed by atoms with Crippen LogP contribution < -0.4 is 4.74 Å². The zero-order valence-corrected chi connectivity index (χ0v) is 14.6. The fourth-order valence-corrected chi connectivity index (χ4v) is 4.66. The predicted molar refractivity (Wildman–Crippen MR) is 93.1 cm³/mol. The van der Waals surface area contributed by atoms with Crippen LogP contribution in [0.15, 0.2) is 18.2 Å². The maximum atomic E-state index is 13.9. The van der Waals surface area contributed by atoms with Crippen LogP contribution in [0.3, 0.4) is 0 Å². The summed E-state index contributed by atoms with van der Waals surface area (Å²) in [6.07, 6.45) is 4.73. The Kier molecular flexibility index (Phi) is 5.59. The summed E-state index contributed by atoms with van der Waals surface area (Å²) >= 11 is 0. The SMILES string of the molecule is CC1CCC(C2CCC(c3ccc(OC(F)(F)F)c(F)c3)CC2)CC1.[HH].[HH]. The predicted octanol–water partition coefficient (Wildman–Crippen LogP) is 7.32. The lowest BCUT2D eigenvalue weighted by molar-refractivity contribution is -0.275. The molecule has 0 amide bonds. The summed E-state index contributed by atoms with van der Waals surface area (Å²) < 4.78 is 54.3. The number of halogens is 4. The van der Waals surface area contributed by atoms with Crippen LogP contribution in [0, 0.1) is 23.6 Å². The van der Waals surface area contributed by atoms with Gasteiger partial charge in [0.25, 0.3) is 0 Å². The van der Waals surface area contributed by atoms with E-state index in [-0.39, 0.29) is 8.77 Å². The van der Waals surface area contributed by atoms with E-state index in [4.69, 9.17) is 0 Å². The molecule has 2 aliphatic rings. The van der Waals surface area contributed by atoms with E-state index >= 15 is 0 Å². The van der Waals surface area contributed by atoms with Gasteiger partial charge in [0.2, 0.25) is 0 Å². The highest BCUT2D eigenvalue weighted by molar-refractivity contribution is 5.31. The fourth-order valence-electron chi connectivity index (χ4n) is 4.66. The van der Waals surface area contributed by atoms with Crippen molar-refractivity contribution in [2.24, 2.45) is 17.8 Å². The summed E-state index contributed by atoms with van der Waals surface area (Å²) in [5, 5.41) is 0. The minimum absolute atomic E-state index is 0. The summed E-state index contributed by atoms with van der Waals surface area (Å²) in [5.41, 5.74) is 0.794. The van der Waals surface area contributed by atoms with E-state index in [0.29, 0.717) is 0 Å². The van der Waals surface area contributed by atoms with E-state index in [1.165, 1.54) is 31.7 Å². The molecule has 144 valence electrons. The Morgan fingerprint density at radius 3 is 2.00 bits per heavy atom. The van der Waals surface area contributed by atoms with Gasteiger partial charge in [0.05, 0.1) is 0 Å². The second-order valence-electron chi connectivity index (χ2n) is 7.87. The minimum Gasteiger partial charge on any atom is -0.403 e. The molecule has 2 saturated carbocycles. The van der Waals surface area contributed by atoms with Gasteiger partial charge in [0.15, 0.2) is 11.6 Å². The van der Waals surface area contributed by atoms with E-state index in [1.54, 1.807) is 6.07 Å². The molecule has 25 heavy (non-hydrogen) atoms. The zero-order chi connectivity index (χ0) is 18.0. The number of rotatable bonds is 3. The van der Waals surface area contributed by atoms with Gasteiger partial charge in [-0.1, -0.05) is 25.8 Å². The standard InChI is InChI=1S/C20H26F4O.2H2/c1-13-2-4-14(5-3-13)15-6-8-16(9-7-15)17-10-11-19(18(21)12-17)25-20(22,23)24;;/h10-16H,2-9H2,1H3;2*1H. The third-order valence-corrected chi connectivity index (χ3v) is 6.15. The largest absolute Gasteiger partial charge is 0.573 e. The Hall–Kier alpha value is -1.26. The van der Waals surface area contributed by atoms with Crippen molar-refractivity contribution in [1.82, 2.24) is 0 Å². The molecule has 0 N–H and O–H groups in total. The van der Waals surface area contributed by atoms with Crippen molar-refractivity contribution in [3.63, 3.8) is 0 Å². The number of alkyl halides is 3. The van der Waals surface area contributed by atoms with E-state index in [2.05, 4.69) is 11.7 Å². The van der Waals surface area contributed by atoms with Gasteiger partial charge >= 0.3 is 6.36 Å². The molecule has 1 nitrogen and oxygen atoms in total. The molecule has 0 atom stereocenters. The molecule has 0 saturated heterocycles. The molecular weight excluding hydrogens is 332 g/mol. The smallest absolute Gasteiger partial charge is 0.403 e. The van der Waals surface area contributed by atoms with Gasteiger partial charge in [-0.25, -0.2) is 4.39 Å². The van der Waals surface area contributed by atoms with E-state index in [0.717, 1.165) is 55.1 Å². The van der Waals surface area contributed by atoms with E-state index in [1.807, 2.05) is 0 Å². The lowest BCUT2D eigenvalue weighted by atomic mass is 9.68. The maximum absolute atomic E-state index is 13.9. The summed E-state index contributed by atoms with van der Waals surface area (Å²) in [6.45, 7) is 2.33. The van der Waals surface area contributed by atoms with Gasteiger partial charge in [0.1, 0.15) is 0 Å². The van der Waals surface area contributed by atoms with Crippen LogP contribution >= 0.6 is 0 Å². The summed E-state index contributed by atoms with van der Waals surface area (Å²) in [6, 6.07) is 3.90. The Balaban J connectivity index is 0.00000182. The molecule has 5 heteroatoms. The third-order valence-electron chi connectivity index (χ3n) is 6.15. The van der Waals surface area contributed by atoms with Gasteiger partial charge in [0, 0.05) is 2.85 Å². The monoisotopic (exact) mass is 362 g/mol. The molecule has 0 radical (unpaired) electrons. The van der Waals surface area contributed by atoms with E-state index in [9.17, 15) is 17.6 Å². The topological polar surface area (TPSA) is 9.23 Å². The number of hydrogen-bond donors (Lipinski definition) is 0. The first-order chi connectivity index (χ1) is 11.8. The Morgan fingerprint density at radius 2 is 1.48 bits per heavy atom. The van der Waals surface area contributed by atoms with Crippen molar-refractivity contribution in [3.05, 3.63) is 29.6 Å². The highest BCUT2D eigenvalue weighted by Gasteiger charge is 2.33. The van der Waals surface area contributed by atoms with Crippen molar-refractivity contribution in [2.75, 3.05) is 0 Å². The Bertz CT molecular complexity index is 578. The average molecular weight is 362 g/mol. The lowest BCUT2D eigenvalue weighted by Crippen LogP contribution is -2.24. The zero-order valence-electron chi connectivity index (χ0n) is 14.6. The number of hydrogen-bond acceptors (Lipinski definition) is 1. The molecular formula is C20H30F4O. The second kappa shape index (κ2) is 7.55. The molecule has 2 fully saturated rings. The first-order valence-electron chi connectivity index (χ1n) is 9.37. The van der Waals surface area contributed by atoms with Gasteiger partial charge in [-0.05, 0) is 79.9 Å². The van der Waals surface area contributed by atoms with Gasteiger partial charge in [-0.2, -0.15) is 0 Å². The first kappa shape index (κ1) is 18.5. The number of benzene rings is 1.